The largest absolute Gasteiger partial charge is 0.399 e. The summed E-state index contributed by atoms with van der Waals surface area (Å²) in [6, 6.07) is 6.14. The molecule has 0 unspecified atom stereocenters. The van der Waals surface area contributed by atoms with Crippen LogP contribution in [0.2, 0.25) is 0 Å². The molecular weight excluding hydrogens is 281 g/mol. The van der Waals surface area contributed by atoms with Crippen molar-refractivity contribution in [2.45, 2.75) is 26.2 Å². The Morgan fingerprint density at radius 2 is 1.89 bits per heavy atom. The summed E-state index contributed by atoms with van der Waals surface area (Å²) >= 11 is 0. The fourth-order valence-corrected chi connectivity index (χ4v) is 2.33. The van der Waals surface area contributed by atoms with E-state index in [4.69, 9.17) is 5.73 Å². The van der Waals surface area contributed by atoms with Crippen molar-refractivity contribution in [2.75, 3.05) is 37.2 Å². The molecule has 0 bridgehead atoms. The van der Waals surface area contributed by atoms with Crippen molar-refractivity contribution in [3.8, 4) is 0 Å². The number of anilines is 2. The number of nitrogens with two attached hydrogens (primary N) is 1. The first-order chi connectivity index (χ1) is 8.25. The number of nitrogen functional groups attached to an aromatic ring is 1. The number of likely N-dealkylation sites (tertiary alicyclic amines) is 1. The lowest BCUT2D eigenvalue weighted by molar-refractivity contribution is 0.337. The molecule has 2 rings (SSSR count). The van der Waals surface area contributed by atoms with Crippen molar-refractivity contribution in [2.24, 2.45) is 0 Å². The summed E-state index contributed by atoms with van der Waals surface area (Å²) in [6.07, 6.45) is 3.97. The molecule has 110 valence electrons. The monoisotopic (exact) mass is 305 g/mol. The van der Waals surface area contributed by atoms with E-state index < -0.39 is 0 Å². The standard InChI is InChI=1S/C14H23N3.2ClH/c1-12-11-13(5-6-14(12)15)16-7-4-10-17-8-2-3-9-17;;/h5-6,11,16H,2-4,7-10,15H2,1H3;2*1H. The van der Waals surface area contributed by atoms with Crippen molar-refractivity contribution in [1.29, 1.82) is 0 Å². The molecule has 3 N–H and O–H groups in total. The molecule has 3 nitrogen and oxygen atoms in total. The average Bonchev–Trinajstić information content (AvgIpc) is 2.82. The first-order valence-electron chi connectivity index (χ1n) is 6.58. The first-order valence-corrected chi connectivity index (χ1v) is 6.58. The molecule has 0 saturated carbocycles. The third-order valence-corrected chi connectivity index (χ3v) is 3.45. The number of hydrogen-bond donors (Lipinski definition) is 2. The number of halogens is 2. The third-order valence-electron chi connectivity index (χ3n) is 3.45. The Kier molecular flexibility index (Phi) is 8.98. The summed E-state index contributed by atoms with van der Waals surface area (Å²) in [5.41, 5.74) is 8.99. The maximum Gasteiger partial charge on any atom is 0.0345 e. The van der Waals surface area contributed by atoms with Crippen LogP contribution in [-0.2, 0) is 0 Å². The number of aryl methyl sites for hydroxylation is 1. The highest BCUT2D eigenvalue weighted by molar-refractivity contribution is 5.85. The van der Waals surface area contributed by atoms with Gasteiger partial charge in [0.05, 0.1) is 0 Å². The highest BCUT2D eigenvalue weighted by Gasteiger charge is 2.09. The van der Waals surface area contributed by atoms with Gasteiger partial charge in [-0.15, -0.1) is 24.8 Å². The van der Waals surface area contributed by atoms with Crippen LogP contribution in [0.25, 0.3) is 0 Å². The number of benzene rings is 1. The minimum atomic E-state index is 0. The summed E-state index contributed by atoms with van der Waals surface area (Å²) in [5.74, 6) is 0. The predicted octanol–water partition coefficient (Wildman–Crippen LogP) is 3.32. The van der Waals surface area contributed by atoms with E-state index in [9.17, 15) is 0 Å². The van der Waals surface area contributed by atoms with E-state index in [-0.39, 0.29) is 24.8 Å². The maximum absolute atomic E-state index is 5.79. The molecule has 1 aliphatic rings. The first kappa shape index (κ1) is 18.4. The second kappa shape index (κ2) is 9.29. The van der Waals surface area contributed by atoms with E-state index in [1.54, 1.807) is 0 Å². The molecule has 5 heteroatoms. The zero-order chi connectivity index (χ0) is 12.1. The van der Waals surface area contributed by atoms with Crippen molar-refractivity contribution in [3.63, 3.8) is 0 Å². The van der Waals surface area contributed by atoms with E-state index in [0.29, 0.717) is 0 Å². The lowest BCUT2D eigenvalue weighted by Gasteiger charge is -2.15. The maximum atomic E-state index is 5.79. The Hall–Kier alpha value is -0.640. The average molecular weight is 306 g/mol. The fraction of sp³-hybridized carbons (Fsp3) is 0.571. The van der Waals surface area contributed by atoms with Crippen LogP contribution in [-0.4, -0.2) is 31.1 Å². The number of nitrogens with one attached hydrogen (secondary N) is 1. The summed E-state index contributed by atoms with van der Waals surface area (Å²) in [4.78, 5) is 2.55. The zero-order valence-corrected chi connectivity index (χ0v) is 13.2. The quantitative estimate of drug-likeness (QED) is 0.648. The molecule has 1 aromatic carbocycles. The normalized spacial score (nSPS) is 14.6. The van der Waals surface area contributed by atoms with Gasteiger partial charge in [-0.25, -0.2) is 0 Å². The molecule has 0 radical (unpaired) electrons. The molecule has 1 aliphatic heterocycles. The second-order valence-electron chi connectivity index (χ2n) is 4.90. The lowest BCUT2D eigenvalue weighted by Crippen LogP contribution is -2.22. The smallest absolute Gasteiger partial charge is 0.0345 e. The fourth-order valence-electron chi connectivity index (χ4n) is 2.33. The van der Waals surface area contributed by atoms with Gasteiger partial charge < -0.3 is 16.0 Å². The van der Waals surface area contributed by atoms with Crippen LogP contribution in [0.4, 0.5) is 11.4 Å². The van der Waals surface area contributed by atoms with E-state index in [2.05, 4.69) is 22.3 Å². The van der Waals surface area contributed by atoms with Gasteiger partial charge in [0.1, 0.15) is 0 Å². The van der Waals surface area contributed by atoms with Gasteiger partial charge >= 0.3 is 0 Å². The minimum Gasteiger partial charge on any atom is -0.399 e. The van der Waals surface area contributed by atoms with E-state index in [0.717, 1.165) is 17.8 Å². The SMILES string of the molecule is Cc1cc(NCCCN2CCCC2)ccc1N.Cl.Cl. The van der Waals surface area contributed by atoms with Crippen LogP contribution >= 0.6 is 24.8 Å². The van der Waals surface area contributed by atoms with E-state index in [1.807, 2.05) is 13.0 Å². The molecule has 1 aromatic rings. The lowest BCUT2D eigenvalue weighted by atomic mass is 10.2. The highest BCUT2D eigenvalue weighted by atomic mass is 35.5. The Morgan fingerprint density at radius 1 is 1.21 bits per heavy atom. The molecule has 0 atom stereocenters. The van der Waals surface area contributed by atoms with Gasteiger partial charge in [0.25, 0.3) is 0 Å². The van der Waals surface area contributed by atoms with Crippen molar-refractivity contribution in [1.82, 2.24) is 4.90 Å². The van der Waals surface area contributed by atoms with Gasteiger partial charge in [0.15, 0.2) is 0 Å². The zero-order valence-electron chi connectivity index (χ0n) is 11.5. The van der Waals surface area contributed by atoms with Crippen LogP contribution in [0.3, 0.4) is 0 Å². The van der Waals surface area contributed by atoms with Crippen LogP contribution in [0, 0.1) is 6.92 Å². The Bertz CT molecular complexity index is 366. The molecule has 19 heavy (non-hydrogen) atoms. The highest BCUT2D eigenvalue weighted by Crippen LogP contribution is 2.16. The van der Waals surface area contributed by atoms with E-state index >= 15 is 0 Å². The molecule has 1 heterocycles. The molecule has 0 spiro atoms. The van der Waals surface area contributed by atoms with Crippen molar-refractivity contribution in [3.05, 3.63) is 23.8 Å². The van der Waals surface area contributed by atoms with Crippen LogP contribution < -0.4 is 11.1 Å². The Morgan fingerprint density at radius 3 is 2.53 bits per heavy atom. The van der Waals surface area contributed by atoms with E-state index in [1.165, 1.54) is 44.6 Å². The minimum absolute atomic E-state index is 0. The van der Waals surface area contributed by atoms with Gasteiger partial charge in [0.2, 0.25) is 0 Å². The van der Waals surface area contributed by atoms with Crippen LogP contribution in [0.1, 0.15) is 24.8 Å². The molecular formula is C14H25Cl2N3. The van der Waals surface area contributed by atoms with Gasteiger partial charge in [-0.2, -0.15) is 0 Å². The summed E-state index contributed by atoms with van der Waals surface area (Å²) < 4.78 is 0. The molecule has 0 aliphatic carbocycles. The van der Waals surface area contributed by atoms with Gasteiger partial charge in [-0.3, -0.25) is 0 Å². The molecule has 1 fully saturated rings. The molecule has 0 amide bonds. The Balaban J connectivity index is 0.00000162. The Labute approximate surface area is 128 Å². The number of hydrogen-bond acceptors (Lipinski definition) is 3. The molecule has 0 aromatic heterocycles. The predicted molar refractivity (Wildman–Crippen MR) is 88.9 cm³/mol. The summed E-state index contributed by atoms with van der Waals surface area (Å²) in [5, 5.41) is 3.45. The van der Waals surface area contributed by atoms with Gasteiger partial charge in [-0.1, -0.05) is 0 Å². The number of rotatable bonds is 5. The van der Waals surface area contributed by atoms with Gasteiger partial charge in [0, 0.05) is 17.9 Å². The second-order valence-corrected chi connectivity index (χ2v) is 4.90. The topological polar surface area (TPSA) is 41.3 Å². The summed E-state index contributed by atoms with van der Waals surface area (Å²) in [7, 11) is 0. The van der Waals surface area contributed by atoms with Crippen LogP contribution in [0.15, 0.2) is 18.2 Å². The van der Waals surface area contributed by atoms with Crippen molar-refractivity contribution >= 4 is 36.2 Å². The number of nitrogens with zero attached hydrogens (tertiary/aromatic N) is 1. The van der Waals surface area contributed by atoms with Crippen molar-refractivity contribution < 1.29 is 0 Å². The van der Waals surface area contributed by atoms with Crippen LogP contribution in [0.5, 0.6) is 0 Å². The molecule has 1 saturated heterocycles. The third kappa shape index (κ3) is 5.89. The summed E-state index contributed by atoms with van der Waals surface area (Å²) in [6.45, 7) is 6.90. The van der Waals surface area contributed by atoms with Gasteiger partial charge in [-0.05, 0) is 69.6 Å².